The number of carbonyl (C=O) groups is 1. The SMILES string of the molecule is CCNCc1ccccc1NC(=O)Cc1ccc(F)cc1. The topological polar surface area (TPSA) is 41.1 Å². The molecule has 0 saturated heterocycles. The zero-order chi connectivity index (χ0) is 15.1. The lowest BCUT2D eigenvalue weighted by atomic mass is 10.1. The van der Waals surface area contributed by atoms with E-state index in [4.69, 9.17) is 0 Å². The molecular weight excluding hydrogens is 267 g/mol. The van der Waals surface area contributed by atoms with E-state index in [0.717, 1.165) is 23.4 Å². The molecule has 21 heavy (non-hydrogen) atoms. The number of hydrogen-bond acceptors (Lipinski definition) is 2. The van der Waals surface area contributed by atoms with Gasteiger partial charge in [0.2, 0.25) is 5.91 Å². The summed E-state index contributed by atoms with van der Waals surface area (Å²) in [5, 5.41) is 6.15. The van der Waals surface area contributed by atoms with Crippen molar-refractivity contribution in [2.45, 2.75) is 19.9 Å². The van der Waals surface area contributed by atoms with Gasteiger partial charge in [0.05, 0.1) is 6.42 Å². The highest BCUT2D eigenvalue weighted by Gasteiger charge is 2.07. The fourth-order valence-corrected chi connectivity index (χ4v) is 2.04. The summed E-state index contributed by atoms with van der Waals surface area (Å²) < 4.78 is 12.8. The first-order valence-corrected chi connectivity index (χ1v) is 7.02. The Kier molecular flexibility index (Phi) is 5.46. The predicted octanol–water partition coefficient (Wildman–Crippen LogP) is 3.12. The van der Waals surface area contributed by atoms with Crippen LogP contribution in [0.1, 0.15) is 18.1 Å². The number of halogens is 1. The predicted molar refractivity (Wildman–Crippen MR) is 82.6 cm³/mol. The van der Waals surface area contributed by atoms with E-state index >= 15 is 0 Å². The summed E-state index contributed by atoms with van der Waals surface area (Å²) in [6.45, 7) is 3.62. The maximum Gasteiger partial charge on any atom is 0.228 e. The van der Waals surface area contributed by atoms with Crippen LogP contribution in [0.4, 0.5) is 10.1 Å². The highest BCUT2D eigenvalue weighted by Crippen LogP contribution is 2.15. The van der Waals surface area contributed by atoms with Crippen molar-refractivity contribution in [2.24, 2.45) is 0 Å². The third-order valence-corrected chi connectivity index (χ3v) is 3.13. The second kappa shape index (κ2) is 7.55. The summed E-state index contributed by atoms with van der Waals surface area (Å²) >= 11 is 0. The maximum atomic E-state index is 12.8. The monoisotopic (exact) mass is 286 g/mol. The summed E-state index contributed by atoms with van der Waals surface area (Å²) in [5.74, 6) is -0.402. The van der Waals surface area contributed by atoms with Gasteiger partial charge in [-0.3, -0.25) is 4.79 Å². The van der Waals surface area contributed by atoms with Crippen molar-refractivity contribution >= 4 is 11.6 Å². The first-order chi connectivity index (χ1) is 10.2. The molecule has 3 nitrogen and oxygen atoms in total. The summed E-state index contributed by atoms with van der Waals surface area (Å²) in [5.41, 5.74) is 2.65. The van der Waals surface area contributed by atoms with Crippen molar-refractivity contribution in [2.75, 3.05) is 11.9 Å². The molecule has 4 heteroatoms. The molecule has 0 aliphatic rings. The molecule has 0 unspecified atom stereocenters. The Morgan fingerprint density at radius 1 is 1.10 bits per heavy atom. The van der Waals surface area contributed by atoms with Gasteiger partial charge in [-0.15, -0.1) is 0 Å². The van der Waals surface area contributed by atoms with Crippen LogP contribution in [0.5, 0.6) is 0 Å². The Hall–Kier alpha value is -2.20. The fraction of sp³-hybridized carbons (Fsp3) is 0.235. The van der Waals surface area contributed by atoms with Gasteiger partial charge in [-0.2, -0.15) is 0 Å². The van der Waals surface area contributed by atoms with Crippen LogP contribution < -0.4 is 10.6 Å². The van der Waals surface area contributed by atoms with Crippen molar-refractivity contribution in [1.29, 1.82) is 0 Å². The molecule has 0 aliphatic carbocycles. The average molecular weight is 286 g/mol. The number of nitrogens with one attached hydrogen (secondary N) is 2. The van der Waals surface area contributed by atoms with E-state index in [1.165, 1.54) is 12.1 Å². The molecule has 0 aromatic heterocycles. The van der Waals surface area contributed by atoms with E-state index in [9.17, 15) is 9.18 Å². The maximum absolute atomic E-state index is 12.8. The van der Waals surface area contributed by atoms with Gasteiger partial charge in [0, 0.05) is 12.2 Å². The zero-order valence-corrected chi connectivity index (χ0v) is 12.0. The van der Waals surface area contributed by atoms with E-state index in [2.05, 4.69) is 10.6 Å². The van der Waals surface area contributed by atoms with Crippen LogP contribution >= 0.6 is 0 Å². The van der Waals surface area contributed by atoms with E-state index in [-0.39, 0.29) is 18.1 Å². The van der Waals surface area contributed by atoms with Crippen molar-refractivity contribution in [1.82, 2.24) is 5.32 Å². The van der Waals surface area contributed by atoms with E-state index in [1.54, 1.807) is 12.1 Å². The van der Waals surface area contributed by atoms with Crippen LogP contribution in [0.25, 0.3) is 0 Å². The van der Waals surface area contributed by atoms with Gasteiger partial charge >= 0.3 is 0 Å². The molecule has 0 radical (unpaired) electrons. The number of rotatable bonds is 6. The highest BCUT2D eigenvalue weighted by molar-refractivity contribution is 5.92. The molecule has 2 aromatic rings. The lowest BCUT2D eigenvalue weighted by Crippen LogP contribution is -2.18. The zero-order valence-electron chi connectivity index (χ0n) is 12.0. The smallest absolute Gasteiger partial charge is 0.228 e. The third-order valence-electron chi connectivity index (χ3n) is 3.13. The highest BCUT2D eigenvalue weighted by atomic mass is 19.1. The summed E-state index contributed by atoms with van der Waals surface area (Å²) in [7, 11) is 0. The first kappa shape index (κ1) is 15.2. The minimum absolute atomic E-state index is 0.106. The number of benzene rings is 2. The quantitative estimate of drug-likeness (QED) is 0.856. The Balaban J connectivity index is 2.00. The van der Waals surface area contributed by atoms with Gasteiger partial charge in [0.25, 0.3) is 0 Å². The lowest BCUT2D eigenvalue weighted by molar-refractivity contribution is -0.115. The first-order valence-electron chi connectivity index (χ1n) is 7.02. The molecule has 2 rings (SSSR count). The molecule has 1 amide bonds. The van der Waals surface area contributed by atoms with Crippen LogP contribution in [0.2, 0.25) is 0 Å². The molecule has 0 heterocycles. The van der Waals surface area contributed by atoms with Gasteiger partial charge in [-0.1, -0.05) is 37.3 Å². The van der Waals surface area contributed by atoms with Crippen LogP contribution in [0.3, 0.4) is 0 Å². The van der Waals surface area contributed by atoms with Crippen LogP contribution in [-0.2, 0) is 17.8 Å². The third kappa shape index (κ3) is 4.68. The van der Waals surface area contributed by atoms with Crippen LogP contribution in [-0.4, -0.2) is 12.5 Å². The van der Waals surface area contributed by atoms with Crippen LogP contribution in [0, 0.1) is 5.82 Å². The Bertz CT molecular complexity index is 596. The van der Waals surface area contributed by atoms with Gasteiger partial charge < -0.3 is 10.6 Å². The largest absolute Gasteiger partial charge is 0.325 e. The molecule has 0 fully saturated rings. The van der Waals surface area contributed by atoms with Crippen molar-refractivity contribution in [3.63, 3.8) is 0 Å². The molecule has 0 spiro atoms. The van der Waals surface area contributed by atoms with Crippen molar-refractivity contribution < 1.29 is 9.18 Å². The van der Waals surface area contributed by atoms with E-state index < -0.39 is 0 Å². The molecule has 0 atom stereocenters. The number of hydrogen-bond donors (Lipinski definition) is 2. The normalized spacial score (nSPS) is 10.4. The van der Waals surface area contributed by atoms with Gasteiger partial charge in [-0.05, 0) is 35.9 Å². The number of para-hydroxylation sites is 1. The standard InChI is InChI=1S/C17H19FN2O/c1-2-19-12-14-5-3-4-6-16(14)20-17(21)11-13-7-9-15(18)10-8-13/h3-10,19H,2,11-12H2,1H3,(H,20,21). The fourth-order valence-electron chi connectivity index (χ4n) is 2.04. The molecule has 0 bridgehead atoms. The minimum Gasteiger partial charge on any atom is -0.325 e. The van der Waals surface area contributed by atoms with Crippen molar-refractivity contribution in [3.8, 4) is 0 Å². The van der Waals surface area contributed by atoms with Gasteiger partial charge in [0.15, 0.2) is 0 Å². The second-order valence-corrected chi connectivity index (χ2v) is 4.79. The minimum atomic E-state index is -0.296. The number of amides is 1. The Morgan fingerprint density at radius 2 is 1.81 bits per heavy atom. The van der Waals surface area contributed by atoms with E-state index in [0.29, 0.717) is 6.54 Å². The van der Waals surface area contributed by atoms with Crippen molar-refractivity contribution in [3.05, 3.63) is 65.5 Å². The summed E-state index contributed by atoms with van der Waals surface area (Å²) in [6, 6.07) is 13.7. The number of anilines is 1. The summed E-state index contributed by atoms with van der Waals surface area (Å²) in [6.07, 6.45) is 0.232. The molecule has 2 N–H and O–H groups in total. The molecule has 2 aromatic carbocycles. The average Bonchev–Trinajstić information content (AvgIpc) is 2.49. The van der Waals surface area contributed by atoms with Crippen LogP contribution in [0.15, 0.2) is 48.5 Å². The van der Waals surface area contributed by atoms with Gasteiger partial charge in [0.1, 0.15) is 5.82 Å². The molecular formula is C17H19FN2O. The Morgan fingerprint density at radius 3 is 2.52 bits per heavy atom. The molecule has 110 valence electrons. The van der Waals surface area contributed by atoms with E-state index in [1.807, 2.05) is 31.2 Å². The van der Waals surface area contributed by atoms with Gasteiger partial charge in [-0.25, -0.2) is 4.39 Å². The lowest BCUT2D eigenvalue weighted by Gasteiger charge is -2.11. The molecule has 0 aliphatic heterocycles. The number of carbonyl (C=O) groups excluding carboxylic acids is 1. The molecule has 0 saturated carbocycles. The summed E-state index contributed by atoms with van der Waals surface area (Å²) in [4.78, 5) is 12.1. The Labute approximate surface area is 124 Å². The second-order valence-electron chi connectivity index (χ2n) is 4.79.